The predicted molar refractivity (Wildman–Crippen MR) is 77.3 cm³/mol. The van der Waals surface area contributed by atoms with Crippen molar-refractivity contribution in [3.63, 3.8) is 0 Å². The van der Waals surface area contributed by atoms with E-state index in [0.29, 0.717) is 0 Å². The first-order valence-electron chi connectivity index (χ1n) is 5.72. The lowest BCUT2D eigenvalue weighted by Crippen LogP contribution is -2.11. The van der Waals surface area contributed by atoms with Gasteiger partial charge < -0.3 is 11.1 Å². The maximum atomic E-state index is 12.0. The molecule has 0 aliphatic rings. The molecule has 1 amide bonds. The van der Waals surface area contributed by atoms with Gasteiger partial charge in [-0.2, -0.15) is 0 Å². The molecule has 0 saturated heterocycles. The van der Waals surface area contributed by atoms with E-state index in [4.69, 9.17) is 5.73 Å². The van der Waals surface area contributed by atoms with Gasteiger partial charge in [-0.05, 0) is 56.2 Å². The zero-order valence-electron chi connectivity index (χ0n) is 10.7. The first-order valence-corrected chi connectivity index (χ1v) is 6.53. The van der Waals surface area contributed by atoms with Gasteiger partial charge in [-0.15, -0.1) is 11.3 Å². The molecule has 0 aliphatic heterocycles. The van der Waals surface area contributed by atoms with Crippen molar-refractivity contribution in [2.75, 3.05) is 11.1 Å². The molecule has 0 aliphatic carbocycles. The summed E-state index contributed by atoms with van der Waals surface area (Å²) < 4.78 is 0. The molecule has 0 atom stereocenters. The van der Waals surface area contributed by atoms with Crippen LogP contribution in [0.2, 0.25) is 0 Å². The number of aryl methyl sites for hydroxylation is 3. The standard InChI is InChI=1S/C14H16N2OS/c1-8-7-12(9(2)6-11(8)15)16-14(17)13-5-4-10(3)18-13/h4-7H,15H2,1-3H3,(H,16,17). The maximum absolute atomic E-state index is 12.0. The van der Waals surface area contributed by atoms with Crippen LogP contribution in [0.3, 0.4) is 0 Å². The van der Waals surface area contributed by atoms with Crippen molar-refractivity contribution in [1.82, 2.24) is 0 Å². The highest BCUT2D eigenvalue weighted by atomic mass is 32.1. The Morgan fingerprint density at radius 2 is 1.89 bits per heavy atom. The summed E-state index contributed by atoms with van der Waals surface area (Å²) in [6.45, 7) is 5.85. The van der Waals surface area contributed by atoms with Gasteiger partial charge in [0.15, 0.2) is 0 Å². The molecule has 2 aromatic rings. The largest absolute Gasteiger partial charge is 0.399 e. The molecule has 1 aromatic heterocycles. The number of nitrogens with one attached hydrogen (secondary N) is 1. The van der Waals surface area contributed by atoms with Gasteiger partial charge in [-0.3, -0.25) is 4.79 Å². The molecule has 0 saturated carbocycles. The van der Waals surface area contributed by atoms with Crippen LogP contribution in [0.4, 0.5) is 11.4 Å². The Balaban J connectivity index is 2.24. The number of hydrogen-bond donors (Lipinski definition) is 2. The highest BCUT2D eigenvalue weighted by Crippen LogP contribution is 2.23. The van der Waals surface area contributed by atoms with Crippen LogP contribution in [0.5, 0.6) is 0 Å². The van der Waals surface area contributed by atoms with Crippen LogP contribution in [0.1, 0.15) is 25.7 Å². The van der Waals surface area contributed by atoms with E-state index in [1.54, 1.807) is 0 Å². The minimum Gasteiger partial charge on any atom is -0.399 e. The summed E-state index contributed by atoms with van der Waals surface area (Å²) in [6.07, 6.45) is 0. The molecule has 0 radical (unpaired) electrons. The number of benzene rings is 1. The molecular weight excluding hydrogens is 244 g/mol. The Labute approximate surface area is 111 Å². The highest BCUT2D eigenvalue weighted by Gasteiger charge is 2.10. The summed E-state index contributed by atoms with van der Waals surface area (Å²) in [5.74, 6) is -0.0691. The van der Waals surface area contributed by atoms with E-state index in [-0.39, 0.29) is 5.91 Å². The summed E-state index contributed by atoms with van der Waals surface area (Å²) in [6, 6.07) is 7.57. The van der Waals surface area contributed by atoms with Crippen molar-refractivity contribution in [3.05, 3.63) is 45.1 Å². The number of nitrogens with two attached hydrogens (primary N) is 1. The fourth-order valence-electron chi connectivity index (χ4n) is 1.71. The van der Waals surface area contributed by atoms with E-state index in [9.17, 15) is 4.79 Å². The normalized spacial score (nSPS) is 10.4. The minimum atomic E-state index is -0.0691. The zero-order valence-corrected chi connectivity index (χ0v) is 11.5. The fraction of sp³-hybridized carbons (Fsp3) is 0.214. The molecule has 1 heterocycles. The Morgan fingerprint density at radius 1 is 1.17 bits per heavy atom. The first-order chi connectivity index (χ1) is 8.47. The van der Waals surface area contributed by atoms with Gasteiger partial charge >= 0.3 is 0 Å². The summed E-state index contributed by atoms with van der Waals surface area (Å²) in [5, 5.41) is 2.92. The highest BCUT2D eigenvalue weighted by molar-refractivity contribution is 7.14. The molecule has 3 N–H and O–H groups in total. The fourth-order valence-corrected chi connectivity index (χ4v) is 2.48. The van der Waals surface area contributed by atoms with Crippen LogP contribution in [0, 0.1) is 20.8 Å². The molecule has 0 spiro atoms. The average molecular weight is 260 g/mol. The lowest BCUT2D eigenvalue weighted by molar-refractivity contribution is 0.103. The van der Waals surface area contributed by atoms with Crippen molar-refractivity contribution >= 4 is 28.6 Å². The van der Waals surface area contributed by atoms with Crippen molar-refractivity contribution in [1.29, 1.82) is 0 Å². The number of rotatable bonds is 2. The van der Waals surface area contributed by atoms with Crippen LogP contribution in [-0.2, 0) is 0 Å². The number of amides is 1. The number of carbonyl (C=O) groups is 1. The van der Waals surface area contributed by atoms with E-state index in [1.807, 2.05) is 45.0 Å². The van der Waals surface area contributed by atoms with Gasteiger partial charge in [-0.1, -0.05) is 0 Å². The SMILES string of the molecule is Cc1ccc(C(=O)Nc2cc(C)c(N)cc2C)s1. The number of anilines is 2. The Hall–Kier alpha value is -1.81. The zero-order chi connectivity index (χ0) is 13.3. The van der Waals surface area contributed by atoms with E-state index in [2.05, 4.69) is 5.32 Å². The van der Waals surface area contributed by atoms with Gasteiger partial charge in [0.2, 0.25) is 0 Å². The summed E-state index contributed by atoms with van der Waals surface area (Å²) in [7, 11) is 0. The summed E-state index contributed by atoms with van der Waals surface area (Å²) >= 11 is 1.49. The van der Waals surface area contributed by atoms with Gasteiger partial charge in [0.25, 0.3) is 5.91 Å². The smallest absolute Gasteiger partial charge is 0.265 e. The summed E-state index contributed by atoms with van der Waals surface area (Å²) in [4.78, 5) is 13.9. The number of nitrogen functional groups attached to an aromatic ring is 1. The minimum absolute atomic E-state index is 0.0691. The topological polar surface area (TPSA) is 55.1 Å². The van der Waals surface area contributed by atoms with Crippen LogP contribution in [-0.4, -0.2) is 5.91 Å². The van der Waals surface area contributed by atoms with E-state index in [1.165, 1.54) is 11.3 Å². The van der Waals surface area contributed by atoms with Crippen LogP contribution < -0.4 is 11.1 Å². The second-order valence-corrected chi connectivity index (χ2v) is 5.68. The van der Waals surface area contributed by atoms with Gasteiger partial charge in [-0.25, -0.2) is 0 Å². The van der Waals surface area contributed by atoms with E-state index in [0.717, 1.165) is 32.3 Å². The third-order valence-electron chi connectivity index (χ3n) is 2.83. The second kappa shape index (κ2) is 4.82. The Kier molecular flexibility index (Phi) is 3.39. The average Bonchev–Trinajstić information content (AvgIpc) is 2.73. The van der Waals surface area contributed by atoms with Crippen molar-refractivity contribution in [3.8, 4) is 0 Å². The Bertz CT molecular complexity index is 602. The molecule has 0 fully saturated rings. The second-order valence-electron chi connectivity index (χ2n) is 4.39. The number of hydrogen-bond acceptors (Lipinski definition) is 3. The molecular formula is C14H16N2OS. The van der Waals surface area contributed by atoms with Gasteiger partial charge in [0, 0.05) is 16.3 Å². The van der Waals surface area contributed by atoms with Crippen molar-refractivity contribution < 1.29 is 4.79 Å². The number of thiophene rings is 1. The molecule has 0 bridgehead atoms. The third-order valence-corrected chi connectivity index (χ3v) is 3.82. The number of carbonyl (C=O) groups excluding carboxylic acids is 1. The molecule has 4 heteroatoms. The van der Waals surface area contributed by atoms with Crippen molar-refractivity contribution in [2.45, 2.75) is 20.8 Å². The van der Waals surface area contributed by atoms with E-state index < -0.39 is 0 Å². The molecule has 1 aromatic carbocycles. The van der Waals surface area contributed by atoms with E-state index >= 15 is 0 Å². The molecule has 0 unspecified atom stereocenters. The predicted octanol–water partition coefficient (Wildman–Crippen LogP) is 3.51. The maximum Gasteiger partial charge on any atom is 0.265 e. The van der Waals surface area contributed by atoms with Gasteiger partial charge in [0.1, 0.15) is 0 Å². The third kappa shape index (κ3) is 2.54. The summed E-state index contributed by atoms with van der Waals surface area (Å²) in [5.41, 5.74) is 9.33. The van der Waals surface area contributed by atoms with Crippen LogP contribution in [0.15, 0.2) is 24.3 Å². The lowest BCUT2D eigenvalue weighted by atomic mass is 10.1. The quantitative estimate of drug-likeness (QED) is 0.812. The van der Waals surface area contributed by atoms with Crippen LogP contribution in [0.25, 0.3) is 0 Å². The lowest BCUT2D eigenvalue weighted by Gasteiger charge is -2.10. The molecule has 18 heavy (non-hydrogen) atoms. The molecule has 2 rings (SSSR count). The monoisotopic (exact) mass is 260 g/mol. The van der Waals surface area contributed by atoms with Crippen molar-refractivity contribution in [2.24, 2.45) is 0 Å². The van der Waals surface area contributed by atoms with Gasteiger partial charge in [0.05, 0.1) is 4.88 Å². The molecule has 94 valence electrons. The van der Waals surface area contributed by atoms with Crippen LogP contribution >= 0.6 is 11.3 Å². The molecule has 3 nitrogen and oxygen atoms in total. The Morgan fingerprint density at radius 3 is 2.50 bits per heavy atom. The first kappa shape index (κ1) is 12.6.